The number of nitrogens with one attached hydrogen (secondary N) is 2. The normalized spacial score (nSPS) is 23.1. The van der Waals surface area contributed by atoms with Gasteiger partial charge in [-0.3, -0.25) is 19.3 Å². The minimum atomic E-state index is -1.25. The first kappa shape index (κ1) is 20.8. The topological polar surface area (TPSA) is 105 Å². The molecule has 3 rings (SSSR count). The zero-order chi connectivity index (χ0) is 21.2. The zero-order valence-corrected chi connectivity index (χ0v) is 17.0. The van der Waals surface area contributed by atoms with Crippen LogP contribution in [0, 0.1) is 6.92 Å². The number of benzene rings is 1. The molecule has 1 heterocycles. The maximum atomic E-state index is 12.9. The van der Waals surface area contributed by atoms with Gasteiger partial charge in [-0.2, -0.15) is 0 Å². The SMILES string of the molecule is Cc1ccc([C@]2(C)NC(=O)N(CC(=O)O[C@@H](C)C(=O)NC3CCCC3)C2=O)cc1. The molecule has 1 saturated heterocycles. The molecule has 4 amide bonds. The third-order valence-electron chi connectivity index (χ3n) is 5.57. The van der Waals surface area contributed by atoms with E-state index in [2.05, 4.69) is 10.6 Å². The molecule has 2 aliphatic rings. The van der Waals surface area contributed by atoms with E-state index in [9.17, 15) is 19.2 Å². The van der Waals surface area contributed by atoms with Crippen LogP contribution in [0.5, 0.6) is 0 Å². The van der Waals surface area contributed by atoms with Crippen molar-refractivity contribution < 1.29 is 23.9 Å². The summed E-state index contributed by atoms with van der Waals surface area (Å²) in [5.41, 5.74) is 0.400. The quantitative estimate of drug-likeness (QED) is 0.558. The van der Waals surface area contributed by atoms with Crippen molar-refractivity contribution in [2.24, 2.45) is 0 Å². The zero-order valence-electron chi connectivity index (χ0n) is 17.0. The fraction of sp³-hybridized carbons (Fsp3) is 0.524. The molecule has 156 valence electrons. The van der Waals surface area contributed by atoms with Crippen LogP contribution in [0.3, 0.4) is 0 Å². The molecular weight excluding hydrogens is 374 g/mol. The number of amides is 4. The Labute approximate surface area is 170 Å². The third kappa shape index (κ3) is 4.41. The van der Waals surface area contributed by atoms with Crippen molar-refractivity contribution in [2.75, 3.05) is 6.54 Å². The highest BCUT2D eigenvalue weighted by Crippen LogP contribution is 2.29. The van der Waals surface area contributed by atoms with E-state index in [-0.39, 0.29) is 11.9 Å². The smallest absolute Gasteiger partial charge is 0.327 e. The summed E-state index contributed by atoms with van der Waals surface area (Å²) in [7, 11) is 0. The van der Waals surface area contributed by atoms with Crippen LogP contribution in [0.25, 0.3) is 0 Å². The van der Waals surface area contributed by atoms with E-state index in [1.807, 2.05) is 19.1 Å². The maximum Gasteiger partial charge on any atom is 0.327 e. The second-order valence-corrected chi connectivity index (χ2v) is 7.93. The highest BCUT2D eigenvalue weighted by molar-refractivity contribution is 6.08. The van der Waals surface area contributed by atoms with E-state index in [1.54, 1.807) is 19.1 Å². The molecule has 1 aliphatic carbocycles. The molecule has 8 heteroatoms. The molecule has 1 aromatic carbocycles. The molecule has 29 heavy (non-hydrogen) atoms. The number of rotatable bonds is 6. The maximum absolute atomic E-state index is 12.9. The van der Waals surface area contributed by atoms with Crippen LogP contribution in [0.15, 0.2) is 24.3 Å². The number of carbonyl (C=O) groups excluding carboxylic acids is 4. The largest absolute Gasteiger partial charge is 0.451 e. The second-order valence-electron chi connectivity index (χ2n) is 7.93. The summed E-state index contributed by atoms with van der Waals surface area (Å²) in [6, 6.07) is 6.68. The molecule has 0 radical (unpaired) electrons. The molecule has 2 fully saturated rings. The van der Waals surface area contributed by atoms with Gasteiger partial charge in [0, 0.05) is 6.04 Å². The number of urea groups is 1. The summed E-state index contributed by atoms with van der Waals surface area (Å²) >= 11 is 0. The van der Waals surface area contributed by atoms with Crippen LogP contribution in [0.2, 0.25) is 0 Å². The number of ether oxygens (including phenoxy) is 1. The average molecular weight is 401 g/mol. The van der Waals surface area contributed by atoms with E-state index in [1.165, 1.54) is 6.92 Å². The van der Waals surface area contributed by atoms with Crippen molar-refractivity contribution in [2.45, 2.75) is 64.1 Å². The summed E-state index contributed by atoms with van der Waals surface area (Å²) in [4.78, 5) is 50.4. The van der Waals surface area contributed by atoms with Gasteiger partial charge in [0.15, 0.2) is 6.10 Å². The van der Waals surface area contributed by atoms with Gasteiger partial charge in [-0.25, -0.2) is 4.79 Å². The third-order valence-corrected chi connectivity index (χ3v) is 5.57. The molecule has 0 bridgehead atoms. The summed E-state index contributed by atoms with van der Waals surface area (Å²) in [5, 5.41) is 5.50. The van der Waals surface area contributed by atoms with Gasteiger partial charge in [0.05, 0.1) is 0 Å². The first-order valence-electron chi connectivity index (χ1n) is 9.92. The van der Waals surface area contributed by atoms with E-state index in [4.69, 9.17) is 4.74 Å². The van der Waals surface area contributed by atoms with Gasteiger partial charge in [0.1, 0.15) is 12.1 Å². The summed E-state index contributed by atoms with van der Waals surface area (Å²) in [5.74, 6) is -1.71. The van der Waals surface area contributed by atoms with Gasteiger partial charge in [-0.05, 0) is 39.2 Å². The highest BCUT2D eigenvalue weighted by atomic mass is 16.5. The van der Waals surface area contributed by atoms with Crippen molar-refractivity contribution in [1.29, 1.82) is 0 Å². The Bertz CT molecular complexity index is 816. The molecule has 2 N–H and O–H groups in total. The molecule has 0 unspecified atom stereocenters. The molecule has 8 nitrogen and oxygen atoms in total. The van der Waals surface area contributed by atoms with E-state index < -0.39 is 36.1 Å². The van der Waals surface area contributed by atoms with E-state index >= 15 is 0 Å². The van der Waals surface area contributed by atoms with Gasteiger partial charge < -0.3 is 15.4 Å². The predicted molar refractivity (Wildman–Crippen MR) is 105 cm³/mol. The second kappa shape index (κ2) is 8.23. The molecular formula is C21H27N3O5. The fourth-order valence-corrected chi connectivity index (χ4v) is 3.73. The number of nitrogens with zero attached hydrogens (tertiary/aromatic N) is 1. The molecule has 0 spiro atoms. The Kier molecular flexibility index (Phi) is 5.91. The summed E-state index contributed by atoms with van der Waals surface area (Å²) in [6.07, 6.45) is 3.00. The van der Waals surface area contributed by atoms with Crippen LogP contribution >= 0.6 is 0 Å². The Balaban J connectivity index is 1.59. The Hall–Kier alpha value is -2.90. The van der Waals surface area contributed by atoms with Crippen molar-refractivity contribution in [3.8, 4) is 0 Å². The number of aryl methyl sites for hydroxylation is 1. The average Bonchev–Trinajstić information content (AvgIpc) is 3.25. The van der Waals surface area contributed by atoms with Crippen molar-refractivity contribution >= 4 is 23.8 Å². The highest BCUT2D eigenvalue weighted by Gasteiger charge is 2.49. The lowest BCUT2D eigenvalue weighted by Crippen LogP contribution is -2.44. The van der Waals surface area contributed by atoms with E-state index in [0.29, 0.717) is 5.56 Å². The van der Waals surface area contributed by atoms with Gasteiger partial charge in [-0.15, -0.1) is 0 Å². The van der Waals surface area contributed by atoms with Gasteiger partial charge >= 0.3 is 12.0 Å². The van der Waals surface area contributed by atoms with Crippen LogP contribution in [-0.2, 0) is 24.7 Å². The van der Waals surface area contributed by atoms with Crippen LogP contribution in [-0.4, -0.2) is 47.4 Å². The molecule has 1 aliphatic heterocycles. The Morgan fingerprint density at radius 2 is 1.86 bits per heavy atom. The van der Waals surface area contributed by atoms with Crippen LogP contribution in [0.1, 0.15) is 50.7 Å². The van der Waals surface area contributed by atoms with Crippen molar-refractivity contribution in [3.05, 3.63) is 35.4 Å². The molecule has 2 atom stereocenters. The fourth-order valence-electron chi connectivity index (χ4n) is 3.73. The lowest BCUT2D eigenvalue weighted by atomic mass is 9.91. The monoisotopic (exact) mass is 401 g/mol. The standard InChI is InChI=1S/C21H27N3O5/c1-13-8-10-15(11-9-13)21(3)19(27)24(20(28)23-21)12-17(25)29-14(2)18(26)22-16-6-4-5-7-16/h8-11,14,16H,4-7,12H2,1-3H3,(H,22,26)(H,23,28)/t14-,21-/m0/s1. The van der Waals surface area contributed by atoms with E-state index in [0.717, 1.165) is 36.1 Å². The van der Waals surface area contributed by atoms with Crippen LogP contribution in [0.4, 0.5) is 4.79 Å². The number of imide groups is 1. The molecule has 0 aromatic heterocycles. The predicted octanol–water partition coefficient (Wildman–Crippen LogP) is 1.75. The summed E-state index contributed by atoms with van der Waals surface area (Å²) < 4.78 is 5.15. The number of hydrogen-bond acceptors (Lipinski definition) is 5. The van der Waals surface area contributed by atoms with Crippen molar-refractivity contribution in [3.63, 3.8) is 0 Å². The number of hydrogen-bond donors (Lipinski definition) is 2. The van der Waals surface area contributed by atoms with Gasteiger partial charge in [0.25, 0.3) is 11.8 Å². The van der Waals surface area contributed by atoms with Gasteiger partial charge in [0.2, 0.25) is 0 Å². The van der Waals surface area contributed by atoms with Crippen molar-refractivity contribution in [1.82, 2.24) is 15.5 Å². The van der Waals surface area contributed by atoms with Crippen LogP contribution < -0.4 is 10.6 Å². The molecule has 1 saturated carbocycles. The Morgan fingerprint density at radius 1 is 1.24 bits per heavy atom. The lowest BCUT2D eigenvalue weighted by Gasteiger charge is -2.22. The first-order valence-corrected chi connectivity index (χ1v) is 9.92. The minimum Gasteiger partial charge on any atom is -0.451 e. The first-order chi connectivity index (χ1) is 13.7. The van der Waals surface area contributed by atoms with Gasteiger partial charge in [-0.1, -0.05) is 42.7 Å². The number of carbonyl (C=O) groups is 4. The molecule has 1 aromatic rings. The lowest BCUT2D eigenvalue weighted by molar-refractivity contribution is -0.156. The minimum absolute atomic E-state index is 0.116. The number of esters is 1. The Morgan fingerprint density at radius 3 is 2.48 bits per heavy atom. The summed E-state index contributed by atoms with van der Waals surface area (Å²) in [6.45, 7) is 4.45.